The number of hydrogen-bond acceptors (Lipinski definition) is 6. The first-order valence-corrected chi connectivity index (χ1v) is 11.6. The van der Waals surface area contributed by atoms with Crippen molar-refractivity contribution < 1.29 is 13.9 Å². The maximum atomic E-state index is 13.6. The van der Waals surface area contributed by atoms with Gasteiger partial charge >= 0.3 is 0 Å². The van der Waals surface area contributed by atoms with Gasteiger partial charge in [-0.15, -0.1) is 0 Å². The molecule has 8 nitrogen and oxygen atoms in total. The number of nitrogens with zero attached hydrogens (tertiary/aromatic N) is 4. The zero-order valence-electron chi connectivity index (χ0n) is 19.5. The van der Waals surface area contributed by atoms with Crippen molar-refractivity contribution in [2.45, 2.75) is 44.9 Å². The number of rotatable bonds is 3. The van der Waals surface area contributed by atoms with E-state index in [0.717, 1.165) is 63.9 Å². The van der Waals surface area contributed by atoms with Crippen molar-refractivity contribution >= 4 is 22.6 Å². The number of aromatic nitrogens is 3. The predicted octanol–water partition coefficient (Wildman–Crippen LogP) is 4.55. The minimum absolute atomic E-state index is 0.0265. The van der Waals surface area contributed by atoms with Gasteiger partial charge in [0.2, 0.25) is 0 Å². The molecule has 1 aliphatic carbocycles. The third-order valence-electron chi connectivity index (χ3n) is 7.15. The Balaban J connectivity index is 1.34. The van der Waals surface area contributed by atoms with E-state index in [-0.39, 0.29) is 18.1 Å². The van der Waals surface area contributed by atoms with Crippen LogP contribution in [0.2, 0.25) is 0 Å². The second kappa shape index (κ2) is 7.70. The third-order valence-corrected chi connectivity index (χ3v) is 7.15. The van der Waals surface area contributed by atoms with Gasteiger partial charge in [-0.25, -0.2) is 4.98 Å². The molecule has 0 saturated carbocycles. The average molecular weight is 458 g/mol. The van der Waals surface area contributed by atoms with Crippen LogP contribution in [-0.4, -0.2) is 32.6 Å². The number of ether oxygens (including phenoxy) is 1. The number of anilines is 1. The molecule has 1 amide bonds. The van der Waals surface area contributed by atoms with E-state index >= 15 is 0 Å². The van der Waals surface area contributed by atoms with Crippen LogP contribution in [0.5, 0.6) is 0 Å². The molecule has 2 atom stereocenters. The molecule has 3 aromatic heterocycles. The highest BCUT2D eigenvalue weighted by molar-refractivity contribution is 5.99. The average Bonchev–Trinajstić information content (AvgIpc) is 3.56. The summed E-state index contributed by atoms with van der Waals surface area (Å²) >= 11 is 0. The van der Waals surface area contributed by atoms with E-state index in [0.29, 0.717) is 18.0 Å². The molecule has 0 radical (unpaired) electrons. The normalized spacial score (nSPS) is 19.3. The number of pyridine rings is 1. The molecule has 0 bridgehead atoms. The van der Waals surface area contributed by atoms with Gasteiger partial charge in [-0.1, -0.05) is 0 Å². The van der Waals surface area contributed by atoms with E-state index in [1.54, 1.807) is 10.9 Å². The van der Waals surface area contributed by atoms with Crippen LogP contribution in [0.3, 0.4) is 0 Å². The SMILES string of the molecule is CC1OCc2c1c(N)nc1ccc(C(=O)N(C)C3CCCc4oc(-c5cnn(C)c5)cc43)cc21. The molecule has 0 saturated heterocycles. The number of amides is 1. The summed E-state index contributed by atoms with van der Waals surface area (Å²) in [7, 11) is 3.76. The number of nitrogens with two attached hydrogens (primary N) is 1. The van der Waals surface area contributed by atoms with Crippen molar-refractivity contribution in [1.29, 1.82) is 0 Å². The van der Waals surface area contributed by atoms with Crippen LogP contribution in [0.1, 0.15) is 64.7 Å². The van der Waals surface area contributed by atoms with Gasteiger partial charge in [-0.05, 0) is 49.6 Å². The molecule has 2 N–H and O–H groups in total. The highest BCUT2D eigenvalue weighted by atomic mass is 16.5. The maximum absolute atomic E-state index is 13.6. The Morgan fingerprint density at radius 3 is 2.94 bits per heavy atom. The van der Waals surface area contributed by atoms with Gasteiger partial charge in [0, 0.05) is 48.8 Å². The van der Waals surface area contributed by atoms with Crippen molar-refractivity contribution in [2.75, 3.05) is 12.8 Å². The molecule has 4 aromatic rings. The minimum atomic E-state index is -0.0929. The van der Waals surface area contributed by atoms with Crippen molar-refractivity contribution in [3.8, 4) is 11.3 Å². The van der Waals surface area contributed by atoms with Crippen LogP contribution < -0.4 is 5.73 Å². The van der Waals surface area contributed by atoms with Crippen molar-refractivity contribution in [3.63, 3.8) is 0 Å². The lowest BCUT2D eigenvalue weighted by Crippen LogP contribution is -2.33. The van der Waals surface area contributed by atoms with E-state index < -0.39 is 0 Å². The summed E-state index contributed by atoms with van der Waals surface area (Å²) in [5.74, 6) is 2.23. The summed E-state index contributed by atoms with van der Waals surface area (Å²) in [6.07, 6.45) is 6.39. The Morgan fingerprint density at radius 2 is 2.15 bits per heavy atom. The molecule has 34 heavy (non-hydrogen) atoms. The lowest BCUT2D eigenvalue weighted by atomic mass is 9.91. The summed E-state index contributed by atoms with van der Waals surface area (Å²) in [4.78, 5) is 20.0. The number of aryl methyl sites for hydroxylation is 2. The number of fused-ring (bicyclic) bond motifs is 4. The number of carbonyl (C=O) groups excluding carboxylic acids is 1. The van der Waals surface area contributed by atoms with Gasteiger partial charge in [-0.2, -0.15) is 5.10 Å². The van der Waals surface area contributed by atoms with Crippen LogP contribution in [0, 0.1) is 0 Å². The molecule has 174 valence electrons. The third kappa shape index (κ3) is 3.20. The second-order valence-corrected chi connectivity index (χ2v) is 9.29. The van der Waals surface area contributed by atoms with Gasteiger partial charge in [0.1, 0.15) is 17.3 Å². The zero-order valence-corrected chi connectivity index (χ0v) is 19.5. The number of carbonyl (C=O) groups is 1. The topological polar surface area (TPSA) is 99.4 Å². The molecule has 8 heteroatoms. The number of furan rings is 1. The molecule has 4 heterocycles. The summed E-state index contributed by atoms with van der Waals surface area (Å²) in [5.41, 5.74) is 11.6. The first-order valence-electron chi connectivity index (χ1n) is 11.6. The second-order valence-electron chi connectivity index (χ2n) is 9.29. The quantitative estimate of drug-likeness (QED) is 0.484. The lowest BCUT2D eigenvalue weighted by Gasteiger charge is -2.31. The smallest absolute Gasteiger partial charge is 0.254 e. The number of hydrogen-bond donors (Lipinski definition) is 1. The molecule has 1 aromatic carbocycles. The molecule has 6 rings (SSSR count). The first-order chi connectivity index (χ1) is 16.4. The summed E-state index contributed by atoms with van der Waals surface area (Å²) in [6.45, 7) is 2.45. The standard InChI is InChI=1S/C26H27N5O3/c1-14-24-19(13-33-14)17-9-15(7-8-20(17)29-25(24)27)26(32)31(3)21-5-4-6-22-18(21)10-23(34-22)16-11-28-30(2)12-16/h7-12,14,21H,4-6,13H2,1-3H3,(H2,27,29). The Kier molecular flexibility index (Phi) is 4.74. The van der Waals surface area contributed by atoms with Crippen LogP contribution in [0.25, 0.3) is 22.2 Å². The van der Waals surface area contributed by atoms with E-state index in [9.17, 15) is 4.79 Å². The Hall–Kier alpha value is -3.65. The number of nitrogen functional groups attached to an aromatic ring is 1. The Morgan fingerprint density at radius 1 is 1.29 bits per heavy atom. The van der Waals surface area contributed by atoms with Gasteiger partial charge in [0.15, 0.2) is 0 Å². The largest absolute Gasteiger partial charge is 0.461 e. The first kappa shape index (κ1) is 20.9. The number of benzene rings is 1. The zero-order chi connectivity index (χ0) is 23.6. The summed E-state index contributed by atoms with van der Waals surface area (Å²) in [6, 6.07) is 7.67. The van der Waals surface area contributed by atoms with Crippen LogP contribution in [0.15, 0.2) is 41.1 Å². The predicted molar refractivity (Wildman–Crippen MR) is 128 cm³/mol. The van der Waals surface area contributed by atoms with Crippen molar-refractivity contribution in [3.05, 3.63) is 64.7 Å². The van der Waals surface area contributed by atoms with Gasteiger partial charge < -0.3 is 19.8 Å². The van der Waals surface area contributed by atoms with E-state index in [2.05, 4.69) is 16.1 Å². The van der Waals surface area contributed by atoms with E-state index in [1.165, 1.54) is 0 Å². The highest BCUT2D eigenvalue weighted by Gasteiger charge is 2.31. The van der Waals surface area contributed by atoms with Crippen LogP contribution in [-0.2, 0) is 24.8 Å². The fourth-order valence-electron chi connectivity index (χ4n) is 5.37. The molecule has 0 spiro atoms. The minimum Gasteiger partial charge on any atom is -0.461 e. The maximum Gasteiger partial charge on any atom is 0.254 e. The Bertz CT molecular complexity index is 1440. The molecule has 0 fully saturated rings. The summed E-state index contributed by atoms with van der Waals surface area (Å²) < 4.78 is 13.7. The molecule has 2 unspecified atom stereocenters. The molecular formula is C26H27N5O3. The van der Waals surface area contributed by atoms with Crippen molar-refractivity contribution in [1.82, 2.24) is 19.7 Å². The monoisotopic (exact) mass is 457 g/mol. The molecule has 2 aliphatic rings. The van der Waals surface area contributed by atoms with Crippen molar-refractivity contribution in [2.24, 2.45) is 7.05 Å². The fraction of sp³-hybridized carbons (Fsp3) is 0.346. The van der Waals surface area contributed by atoms with Gasteiger partial charge in [0.25, 0.3) is 5.91 Å². The van der Waals surface area contributed by atoms with Gasteiger partial charge in [-0.3, -0.25) is 9.48 Å². The van der Waals surface area contributed by atoms with E-state index in [1.807, 2.05) is 50.3 Å². The fourth-order valence-corrected chi connectivity index (χ4v) is 5.37. The summed E-state index contributed by atoms with van der Waals surface area (Å²) in [5, 5.41) is 5.18. The van der Waals surface area contributed by atoms with Crippen LogP contribution >= 0.6 is 0 Å². The highest BCUT2D eigenvalue weighted by Crippen LogP contribution is 2.40. The molecular weight excluding hydrogens is 430 g/mol. The molecule has 1 aliphatic heterocycles. The van der Waals surface area contributed by atoms with Crippen LogP contribution in [0.4, 0.5) is 5.82 Å². The van der Waals surface area contributed by atoms with E-state index in [4.69, 9.17) is 14.9 Å². The van der Waals surface area contributed by atoms with Gasteiger partial charge in [0.05, 0.1) is 36.0 Å². The Labute approximate surface area is 197 Å². The lowest BCUT2D eigenvalue weighted by molar-refractivity contribution is 0.0713.